The minimum absolute atomic E-state index is 0.0612. The Kier molecular flexibility index (Phi) is 20.4. The SMILES string of the molecule is CC(C)(c1ccc(OP(=O)(Oc2ccc(C(C)(C)C(c3ccc(-c4ccccc4)cc3)c3ccc(-c4ccccc4)cc3)cc2)Oc2ccc(C(C)(C)C(c3ccc(-c4ccccc4)cc3)c3ccc(-c4ccccc4)cc3)cc2)cc1)C(c1ccc(-c2ccccc2)cc1)c1ccc(-c2ccccc2)cc1. The number of rotatable bonds is 24. The van der Waals surface area contributed by atoms with Crippen molar-refractivity contribution in [2.24, 2.45) is 0 Å². The molecule has 0 amide bonds. The summed E-state index contributed by atoms with van der Waals surface area (Å²) < 4.78 is 36.2. The molecule has 15 aromatic rings. The first-order valence-corrected chi connectivity index (χ1v) is 38.5. The molecule has 0 N–H and O–H groups in total. The number of phosphoric acid groups is 1. The Morgan fingerprint density at radius 2 is 0.327 bits per heavy atom. The quantitative estimate of drug-likeness (QED) is 0.0566. The topological polar surface area (TPSA) is 44.8 Å². The van der Waals surface area contributed by atoms with E-state index in [2.05, 4.69) is 406 Å². The van der Waals surface area contributed by atoms with Crippen molar-refractivity contribution >= 4 is 7.82 Å². The third kappa shape index (κ3) is 15.7. The summed E-state index contributed by atoms with van der Waals surface area (Å²) in [5.41, 5.74) is 22.9. The second kappa shape index (κ2) is 30.9. The summed E-state index contributed by atoms with van der Waals surface area (Å²) in [5.74, 6) is 0.811. The molecule has 0 bridgehead atoms. The number of benzene rings is 15. The van der Waals surface area contributed by atoms with Crippen molar-refractivity contribution in [1.29, 1.82) is 0 Å². The van der Waals surface area contributed by atoms with Crippen LogP contribution < -0.4 is 13.6 Å². The van der Waals surface area contributed by atoms with Crippen molar-refractivity contribution in [3.63, 3.8) is 0 Å². The molecule has 0 radical (unpaired) electrons. The Labute approximate surface area is 632 Å². The predicted molar refractivity (Wildman–Crippen MR) is 445 cm³/mol. The van der Waals surface area contributed by atoms with E-state index in [0.29, 0.717) is 17.2 Å². The van der Waals surface area contributed by atoms with Gasteiger partial charge in [0.25, 0.3) is 0 Å². The minimum Gasteiger partial charge on any atom is -0.386 e. The van der Waals surface area contributed by atoms with Gasteiger partial charge in [-0.05, 0) is 153 Å². The molecule has 0 fully saturated rings. The molecule has 4 nitrogen and oxygen atoms in total. The maximum absolute atomic E-state index is 16.1. The van der Waals surface area contributed by atoms with Crippen LogP contribution in [0.5, 0.6) is 17.2 Å². The van der Waals surface area contributed by atoms with Crippen LogP contribution in [-0.4, -0.2) is 0 Å². The lowest BCUT2D eigenvalue weighted by Gasteiger charge is -2.36. The van der Waals surface area contributed by atoms with Gasteiger partial charge < -0.3 is 13.6 Å². The fourth-order valence-corrected chi connectivity index (χ4v) is 17.1. The normalized spacial score (nSPS) is 11.9. The van der Waals surface area contributed by atoms with E-state index in [4.69, 9.17) is 13.6 Å². The molecule has 0 aromatic heterocycles. The molecular weight excluding hydrogens is 1320 g/mol. The molecule has 0 unspecified atom stereocenters. The van der Waals surface area contributed by atoms with Gasteiger partial charge in [0.15, 0.2) is 0 Å². The lowest BCUT2D eigenvalue weighted by molar-refractivity contribution is 0.298. The molecule has 15 rings (SSSR count). The first-order chi connectivity index (χ1) is 52.1. The molecule has 0 saturated carbocycles. The van der Waals surface area contributed by atoms with Crippen molar-refractivity contribution in [2.45, 2.75) is 75.5 Å². The van der Waals surface area contributed by atoms with Crippen molar-refractivity contribution in [1.82, 2.24) is 0 Å². The van der Waals surface area contributed by atoms with Gasteiger partial charge in [-0.1, -0.05) is 406 Å². The van der Waals surface area contributed by atoms with Gasteiger partial charge in [-0.15, -0.1) is 0 Å². The number of hydrogen-bond acceptors (Lipinski definition) is 4. The molecule has 0 aliphatic heterocycles. The predicted octanol–water partition coefficient (Wildman–Crippen LogP) is 27.7. The molecule has 0 aliphatic carbocycles. The van der Waals surface area contributed by atoms with E-state index in [1.54, 1.807) is 0 Å². The van der Waals surface area contributed by atoms with Crippen LogP contribution in [0.15, 0.2) is 400 Å². The minimum atomic E-state index is -4.58. The maximum Gasteiger partial charge on any atom is 0.647 e. The van der Waals surface area contributed by atoms with Crippen LogP contribution in [0.3, 0.4) is 0 Å². The van der Waals surface area contributed by atoms with Crippen LogP contribution in [0.4, 0.5) is 0 Å². The lowest BCUT2D eigenvalue weighted by atomic mass is 9.67. The van der Waals surface area contributed by atoms with Gasteiger partial charge in [0.1, 0.15) is 17.2 Å². The van der Waals surface area contributed by atoms with Crippen LogP contribution in [0.2, 0.25) is 0 Å². The van der Waals surface area contributed by atoms with E-state index in [-0.39, 0.29) is 17.8 Å². The van der Waals surface area contributed by atoms with E-state index in [0.717, 1.165) is 50.1 Å². The molecule has 5 heteroatoms. The van der Waals surface area contributed by atoms with Crippen LogP contribution in [0.25, 0.3) is 66.8 Å². The molecule has 0 atom stereocenters. The van der Waals surface area contributed by atoms with Crippen molar-refractivity contribution in [3.05, 3.63) is 450 Å². The smallest absolute Gasteiger partial charge is 0.386 e. The zero-order valence-electron chi connectivity index (χ0n) is 61.4. The highest BCUT2D eigenvalue weighted by atomic mass is 31.2. The number of phosphoric ester groups is 1. The summed E-state index contributed by atoms with van der Waals surface area (Å²) in [6.07, 6.45) is 0. The molecule has 0 heterocycles. The Bertz CT molecular complexity index is 4620. The van der Waals surface area contributed by atoms with Crippen LogP contribution >= 0.6 is 7.82 Å². The highest BCUT2D eigenvalue weighted by Crippen LogP contribution is 2.53. The fourth-order valence-electron chi connectivity index (χ4n) is 15.8. The Balaban J connectivity index is 0.762. The first kappa shape index (κ1) is 70.6. The average Bonchev–Trinajstić information content (AvgIpc) is 0.776. The Morgan fingerprint density at radius 1 is 0.187 bits per heavy atom. The molecule has 15 aromatic carbocycles. The van der Waals surface area contributed by atoms with Crippen LogP contribution in [-0.2, 0) is 20.8 Å². The third-order valence-corrected chi connectivity index (χ3v) is 23.0. The van der Waals surface area contributed by atoms with Crippen LogP contribution in [0, 0.1) is 0 Å². The zero-order chi connectivity index (χ0) is 73.4. The van der Waals surface area contributed by atoms with Gasteiger partial charge in [0.05, 0.1) is 0 Å². The van der Waals surface area contributed by atoms with E-state index in [1.165, 1.54) is 66.8 Å². The maximum atomic E-state index is 16.1. The van der Waals surface area contributed by atoms with Crippen molar-refractivity contribution < 1.29 is 18.1 Å². The monoisotopic (exact) mass is 1410 g/mol. The first-order valence-electron chi connectivity index (χ1n) is 37.0. The van der Waals surface area contributed by atoms with Gasteiger partial charge in [-0.25, -0.2) is 0 Å². The van der Waals surface area contributed by atoms with Crippen molar-refractivity contribution in [2.75, 3.05) is 0 Å². The summed E-state index contributed by atoms with van der Waals surface area (Å²) in [4.78, 5) is 0. The summed E-state index contributed by atoms with van der Waals surface area (Å²) in [6, 6.07) is 141. The highest BCUT2D eigenvalue weighted by Gasteiger charge is 2.39. The third-order valence-electron chi connectivity index (χ3n) is 21.7. The summed E-state index contributed by atoms with van der Waals surface area (Å²) in [6.45, 7) is 13.8. The van der Waals surface area contributed by atoms with E-state index < -0.39 is 24.1 Å². The highest BCUT2D eigenvalue weighted by molar-refractivity contribution is 7.49. The molecule has 0 aliphatic rings. The zero-order valence-corrected chi connectivity index (χ0v) is 62.3. The van der Waals surface area contributed by atoms with E-state index in [1.807, 2.05) is 36.4 Å². The molecule has 524 valence electrons. The summed E-state index contributed by atoms with van der Waals surface area (Å²) >= 11 is 0. The second-order valence-corrected chi connectivity index (χ2v) is 31.1. The second-order valence-electron chi connectivity index (χ2n) is 29.7. The molecular formula is C102H87O4P. The average molecular weight is 1410 g/mol. The fraction of sp³-hybridized carbons (Fsp3) is 0.118. The molecule has 107 heavy (non-hydrogen) atoms. The van der Waals surface area contributed by atoms with Gasteiger partial charge in [0, 0.05) is 34.0 Å². The summed E-state index contributed by atoms with van der Waals surface area (Å²) in [7, 11) is -4.58. The van der Waals surface area contributed by atoms with Crippen molar-refractivity contribution in [3.8, 4) is 84.0 Å². The largest absolute Gasteiger partial charge is 0.647 e. The number of hydrogen-bond donors (Lipinski definition) is 0. The molecule has 0 spiro atoms. The van der Waals surface area contributed by atoms with Gasteiger partial charge in [0.2, 0.25) is 0 Å². The Morgan fingerprint density at radius 3 is 0.477 bits per heavy atom. The van der Waals surface area contributed by atoms with E-state index in [9.17, 15) is 0 Å². The standard InChI is InChI=1S/C102H87O4P/c1-100(2,97(85-49-37-79(38-50-85)73-25-13-7-14-26-73)86-51-39-80(40-52-86)74-27-15-8-16-28-74)91-61-67-94(68-62-91)104-107(103,105-95-69-63-92(64-70-95)101(3,4)98(87-53-41-81(42-54-87)75-29-17-9-18-30-75)88-55-43-82(44-56-88)76-31-19-10-20-32-76)106-96-71-65-93(66-72-96)102(5,6)99(89-57-45-83(46-58-89)77-33-21-11-22-34-77)90-59-47-84(48-60-90)78-35-23-12-24-36-78/h7-72,97-99H,1-6H3. The van der Waals surface area contributed by atoms with Crippen LogP contribution in [0.1, 0.15) is 109 Å². The van der Waals surface area contributed by atoms with Gasteiger partial charge in [-0.3, -0.25) is 0 Å². The molecule has 0 saturated heterocycles. The van der Waals surface area contributed by atoms with Gasteiger partial charge >= 0.3 is 7.82 Å². The lowest BCUT2D eigenvalue weighted by Crippen LogP contribution is -2.28. The van der Waals surface area contributed by atoms with Gasteiger partial charge in [-0.2, -0.15) is 4.57 Å². The Hall–Kier alpha value is -12.1. The summed E-state index contributed by atoms with van der Waals surface area (Å²) in [5, 5.41) is 0. The van der Waals surface area contributed by atoms with E-state index >= 15 is 4.57 Å².